The van der Waals surface area contributed by atoms with Crippen LogP contribution in [0, 0.1) is 0 Å². The van der Waals surface area contributed by atoms with Crippen molar-refractivity contribution in [2.75, 3.05) is 7.11 Å². The SMILES string of the molecule is COC(=O)C1=C(O[Si](C)(C)C(C)(C)C)C[C@@H](c2ccccc2)C=CC1. The van der Waals surface area contributed by atoms with Gasteiger partial charge in [0.25, 0.3) is 0 Å². The number of rotatable bonds is 4. The third kappa shape index (κ3) is 4.63. The Morgan fingerprint density at radius 2 is 1.80 bits per heavy atom. The normalized spacial score (nSPS) is 18.7. The molecule has 1 aliphatic carbocycles. The summed E-state index contributed by atoms with van der Waals surface area (Å²) in [7, 11) is -0.606. The fourth-order valence-electron chi connectivity index (χ4n) is 2.67. The van der Waals surface area contributed by atoms with Gasteiger partial charge < -0.3 is 9.16 Å². The smallest absolute Gasteiger partial charge is 0.337 e. The highest BCUT2D eigenvalue weighted by Crippen LogP contribution is 2.41. The second kappa shape index (κ2) is 7.61. The molecular formula is C21H30O3Si. The van der Waals surface area contributed by atoms with Crippen molar-refractivity contribution in [1.82, 2.24) is 0 Å². The van der Waals surface area contributed by atoms with Gasteiger partial charge in [-0.3, -0.25) is 0 Å². The van der Waals surface area contributed by atoms with Crippen LogP contribution in [-0.2, 0) is 14.0 Å². The Labute approximate surface area is 152 Å². The molecule has 0 unspecified atom stereocenters. The molecular weight excluding hydrogens is 328 g/mol. The first-order chi connectivity index (χ1) is 11.7. The van der Waals surface area contributed by atoms with Crippen LogP contribution in [0.3, 0.4) is 0 Å². The van der Waals surface area contributed by atoms with Gasteiger partial charge in [0.1, 0.15) is 0 Å². The van der Waals surface area contributed by atoms with E-state index < -0.39 is 8.32 Å². The van der Waals surface area contributed by atoms with E-state index in [0.717, 1.165) is 5.76 Å². The lowest BCUT2D eigenvalue weighted by Crippen LogP contribution is -2.41. The fourth-order valence-corrected chi connectivity index (χ4v) is 3.80. The molecule has 0 amide bonds. The molecule has 0 radical (unpaired) electrons. The summed E-state index contributed by atoms with van der Waals surface area (Å²) in [6, 6.07) is 10.4. The van der Waals surface area contributed by atoms with E-state index in [2.05, 4.69) is 58.2 Å². The van der Waals surface area contributed by atoms with E-state index in [9.17, 15) is 4.79 Å². The molecule has 0 saturated heterocycles. The molecule has 1 aromatic carbocycles. The molecule has 0 aromatic heterocycles. The van der Waals surface area contributed by atoms with Gasteiger partial charge in [0.05, 0.1) is 18.4 Å². The minimum absolute atomic E-state index is 0.0726. The molecule has 0 saturated carbocycles. The van der Waals surface area contributed by atoms with Gasteiger partial charge in [-0.15, -0.1) is 0 Å². The number of hydrogen-bond acceptors (Lipinski definition) is 3. The van der Waals surface area contributed by atoms with Gasteiger partial charge in [0.15, 0.2) is 0 Å². The van der Waals surface area contributed by atoms with Gasteiger partial charge in [-0.05, 0) is 23.7 Å². The number of ether oxygens (including phenoxy) is 1. The first-order valence-electron chi connectivity index (χ1n) is 8.86. The summed E-state index contributed by atoms with van der Waals surface area (Å²) in [6.45, 7) is 11.1. The van der Waals surface area contributed by atoms with Crippen LogP contribution < -0.4 is 0 Å². The summed E-state index contributed by atoms with van der Waals surface area (Å²) in [4.78, 5) is 12.3. The van der Waals surface area contributed by atoms with Crippen molar-refractivity contribution in [3.05, 3.63) is 59.4 Å². The molecule has 1 atom stereocenters. The monoisotopic (exact) mass is 358 g/mol. The maximum atomic E-state index is 12.3. The first kappa shape index (κ1) is 19.5. The molecule has 0 fully saturated rings. The largest absolute Gasteiger partial charge is 0.546 e. The van der Waals surface area contributed by atoms with Crippen LogP contribution >= 0.6 is 0 Å². The number of esters is 1. The van der Waals surface area contributed by atoms with E-state index in [1.165, 1.54) is 12.7 Å². The molecule has 25 heavy (non-hydrogen) atoms. The molecule has 1 aliphatic rings. The molecule has 2 rings (SSSR count). The van der Waals surface area contributed by atoms with Crippen molar-refractivity contribution in [2.45, 2.75) is 57.7 Å². The molecule has 0 heterocycles. The quantitative estimate of drug-likeness (QED) is 0.401. The maximum absolute atomic E-state index is 12.3. The van der Waals surface area contributed by atoms with E-state index >= 15 is 0 Å². The summed E-state index contributed by atoms with van der Waals surface area (Å²) in [5.41, 5.74) is 1.89. The van der Waals surface area contributed by atoms with E-state index in [1.807, 2.05) is 18.2 Å². The van der Waals surface area contributed by atoms with Crippen LogP contribution in [0.1, 0.15) is 45.1 Å². The van der Waals surface area contributed by atoms with Gasteiger partial charge in [-0.2, -0.15) is 0 Å². The molecule has 3 nitrogen and oxygen atoms in total. The highest BCUT2D eigenvalue weighted by atomic mass is 28.4. The third-order valence-electron chi connectivity index (χ3n) is 5.28. The van der Waals surface area contributed by atoms with E-state index in [0.29, 0.717) is 18.4 Å². The van der Waals surface area contributed by atoms with Gasteiger partial charge in [0, 0.05) is 18.8 Å². The highest BCUT2D eigenvalue weighted by Gasteiger charge is 2.40. The number of carbonyl (C=O) groups is 1. The van der Waals surface area contributed by atoms with Crippen LogP contribution in [0.4, 0.5) is 0 Å². The Bertz CT molecular complexity index is 666. The summed E-state index contributed by atoms with van der Waals surface area (Å²) in [5.74, 6) is 0.729. The van der Waals surface area contributed by atoms with Crippen LogP contribution in [0.5, 0.6) is 0 Å². The Hall–Kier alpha value is -1.81. The number of methoxy groups -OCH3 is 1. The average Bonchev–Trinajstić information content (AvgIpc) is 2.76. The zero-order chi connectivity index (χ0) is 18.7. The molecule has 1 aromatic rings. The van der Waals surface area contributed by atoms with E-state index in [4.69, 9.17) is 9.16 Å². The minimum Gasteiger partial charge on any atom is -0.546 e. The van der Waals surface area contributed by atoms with Crippen molar-refractivity contribution in [3.63, 3.8) is 0 Å². The van der Waals surface area contributed by atoms with Gasteiger partial charge in [0.2, 0.25) is 8.32 Å². The summed E-state index contributed by atoms with van der Waals surface area (Å²) in [6.07, 6.45) is 5.49. The van der Waals surface area contributed by atoms with Crippen LogP contribution in [0.2, 0.25) is 18.1 Å². The van der Waals surface area contributed by atoms with Gasteiger partial charge in [-0.1, -0.05) is 63.3 Å². The summed E-state index contributed by atoms with van der Waals surface area (Å²) >= 11 is 0. The number of allylic oxidation sites excluding steroid dienone is 3. The maximum Gasteiger partial charge on any atom is 0.337 e. The van der Waals surface area contributed by atoms with Crippen LogP contribution in [0.25, 0.3) is 0 Å². The second-order valence-corrected chi connectivity index (χ2v) is 12.8. The molecule has 4 heteroatoms. The number of benzene rings is 1. The lowest BCUT2D eigenvalue weighted by atomic mass is 9.95. The second-order valence-electron chi connectivity index (χ2n) is 8.11. The van der Waals surface area contributed by atoms with Crippen molar-refractivity contribution >= 4 is 14.3 Å². The third-order valence-corrected chi connectivity index (χ3v) is 9.65. The predicted octanol–water partition coefficient (Wildman–Crippen LogP) is 5.57. The lowest BCUT2D eigenvalue weighted by Gasteiger charge is -2.38. The molecule has 0 N–H and O–H groups in total. The standard InChI is InChI=1S/C21H30O3Si/c1-21(2,3)25(5,6)24-19-15-17(16-11-8-7-9-12-16)13-10-14-18(19)20(22)23-4/h7-13,17H,14-15H2,1-6H3/t17-/m0/s1. The fraction of sp³-hybridized carbons (Fsp3) is 0.476. The average molecular weight is 359 g/mol. The Morgan fingerprint density at radius 3 is 2.36 bits per heavy atom. The van der Waals surface area contributed by atoms with E-state index in [-0.39, 0.29) is 16.9 Å². The number of carbonyl (C=O) groups excluding carboxylic acids is 1. The Morgan fingerprint density at radius 1 is 1.16 bits per heavy atom. The topological polar surface area (TPSA) is 35.5 Å². The van der Waals surface area contributed by atoms with Crippen molar-refractivity contribution < 1.29 is 14.0 Å². The van der Waals surface area contributed by atoms with Crippen LogP contribution in [0.15, 0.2) is 53.8 Å². The minimum atomic E-state index is -2.04. The highest BCUT2D eigenvalue weighted by molar-refractivity contribution is 6.74. The zero-order valence-corrected chi connectivity index (χ0v) is 17.3. The Kier molecular flexibility index (Phi) is 5.94. The van der Waals surface area contributed by atoms with Crippen molar-refractivity contribution in [2.24, 2.45) is 0 Å². The van der Waals surface area contributed by atoms with Crippen LogP contribution in [-0.4, -0.2) is 21.4 Å². The molecule has 136 valence electrons. The van der Waals surface area contributed by atoms with Gasteiger partial charge in [-0.25, -0.2) is 4.79 Å². The molecule has 0 bridgehead atoms. The predicted molar refractivity (Wildman–Crippen MR) is 105 cm³/mol. The van der Waals surface area contributed by atoms with Crippen molar-refractivity contribution in [3.8, 4) is 0 Å². The van der Waals surface area contributed by atoms with E-state index in [1.54, 1.807) is 0 Å². The van der Waals surface area contributed by atoms with Crippen molar-refractivity contribution in [1.29, 1.82) is 0 Å². The molecule has 0 spiro atoms. The number of hydrogen-bond donors (Lipinski definition) is 0. The summed E-state index contributed by atoms with van der Waals surface area (Å²) in [5, 5.41) is 0.0726. The Balaban J connectivity index is 2.40. The first-order valence-corrected chi connectivity index (χ1v) is 11.8. The molecule has 0 aliphatic heterocycles. The lowest BCUT2D eigenvalue weighted by molar-refractivity contribution is -0.136. The summed E-state index contributed by atoms with van der Waals surface area (Å²) < 4.78 is 11.6. The zero-order valence-electron chi connectivity index (χ0n) is 16.3. The van der Waals surface area contributed by atoms with Gasteiger partial charge >= 0.3 is 5.97 Å².